The molecule has 0 saturated carbocycles. The molecule has 0 radical (unpaired) electrons. The molecule has 3 rings (SSSR count). The first-order valence-corrected chi connectivity index (χ1v) is 11.8. The van der Waals surface area contributed by atoms with Gasteiger partial charge in [0.05, 0.1) is 10.6 Å². The molecule has 174 valence electrons. The van der Waals surface area contributed by atoms with E-state index in [1.54, 1.807) is 0 Å². The number of aromatic nitrogens is 2. The van der Waals surface area contributed by atoms with Crippen LogP contribution in [0.15, 0.2) is 56.4 Å². The zero-order valence-electron chi connectivity index (χ0n) is 16.3. The molecule has 3 aromatic rings. The Kier molecular flexibility index (Phi) is 6.27. The van der Waals surface area contributed by atoms with Crippen LogP contribution in [-0.4, -0.2) is 51.9 Å². The Bertz CT molecular complexity index is 1510. The predicted octanol–water partition coefficient (Wildman–Crippen LogP) is 3.15. The number of aromatic hydroxyl groups is 1. The van der Waals surface area contributed by atoms with Crippen molar-refractivity contribution in [2.24, 2.45) is 10.2 Å². The fourth-order valence-electron chi connectivity index (χ4n) is 2.61. The maximum absolute atomic E-state index is 11.6. The third kappa shape index (κ3) is 5.01. The molecule has 0 amide bonds. The monoisotopic (exact) mass is 516 g/mol. The number of nitrogens with zero attached hydrogens (tertiary/aromatic N) is 4. The Morgan fingerprint density at radius 2 is 1.64 bits per heavy atom. The van der Waals surface area contributed by atoms with Crippen molar-refractivity contribution in [1.29, 1.82) is 0 Å². The number of carboxylic acid groups (broad SMARTS) is 1. The average Bonchev–Trinajstić information content (AvgIpc) is 3.04. The molecule has 4 N–H and O–H groups in total. The Hall–Kier alpha value is -3.37. The number of carbonyl (C=O) groups is 1. The molecule has 13 nitrogen and oxygen atoms in total. The predicted molar refractivity (Wildman–Crippen MR) is 112 cm³/mol. The summed E-state index contributed by atoms with van der Waals surface area (Å²) in [5.74, 6) is -2.44. The molecule has 1 aromatic heterocycles. The number of hydrogen-bond donors (Lipinski definition) is 4. The molecule has 0 aliphatic carbocycles. The van der Waals surface area contributed by atoms with Crippen LogP contribution in [0.25, 0.3) is 5.69 Å². The topological polar surface area (TPSA) is 209 Å². The molecule has 0 fully saturated rings. The molecule has 1 heterocycles. The summed E-state index contributed by atoms with van der Waals surface area (Å²) < 4.78 is 64.8. The molecule has 0 bridgehead atoms. The van der Waals surface area contributed by atoms with Crippen molar-refractivity contribution in [3.05, 3.63) is 52.7 Å². The van der Waals surface area contributed by atoms with E-state index in [0.717, 1.165) is 30.3 Å². The zero-order valence-corrected chi connectivity index (χ0v) is 18.7. The van der Waals surface area contributed by atoms with Crippen molar-refractivity contribution in [3.63, 3.8) is 0 Å². The van der Waals surface area contributed by atoms with Crippen molar-refractivity contribution in [2.45, 2.75) is 16.7 Å². The zero-order chi connectivity index (χ0) is 24.7. The highest BCUT2D eigenvalue weighted by Crippen LogP contribution is 2.36. The minimum Gasteiger partial charge on any atom is -0.492 e. The number of aryl methyl sites for hydroxylation is 1. The lowest BCUT2D eigenvalue weighted by atomic mass is 10.2. The third-order valence-electron chi connectivity index (χ3n) is 4.19. The standard InChI is InChI=1S/C17H13ClN4O9S2/c1-8-6-12(13(7-11(8)18)33(29,30)31)19-20-14-15(17(24)25)21-22(16(14)23)9-2-4-10(5-3-9)32(26,27)28/h2-7,23H,1H3,(H,24,25)(H,26,27,28)(H,29,30,31)/b20-19+. The van der Waals surface area contributed by atoms with Crippen LogP contribution in [-0.2, 0) is 20.2 Å². The van der Waals surface area contributed by atoms with Gasteiger partial charge in [-0.3, -0.25) is 9.11 Å². The molecular formula is C17H13ClN4O9S2. The molecule has 0 spiro atoms. The highest BCUT2D eigenvalue weighted by Gasteiger charge is 2.25. The highest BCUT2D eigenvalue weighted by molar-refractivity contribution is 7.86. The normalized spacial score (nSPS) is 12.4. The van der Waals surface area contributed by atoms with Crippen LogP contribution in [0.1, 0.15) is 16.1 Å². The molecule has 0 aliphatic heterocycles. The van der Waals surface area contributed by atoms with E-state index in [4.69, 9.17) is 16.2 Å². The second kappa shape index (κ2) is 8.53. The van der Waals surface area contributed by atoms with Crippen LogP contribution in [0, 0.1) is 6.92 Å². The fraction of sp³-hybridized carbons (Fsp3) is 0.0588. The van der Waals surface area contributed by atoms with Crippen LogP contribution >= 0.6 is 11.6 Å². The molecule has 0 saturated heterocycles. The lowest BCUT2D eigenvalue weighted by molar-refractivity contribution is 0.0690. The Morgan fingerprint density at radius 3 is 2.15 bits per heavy atom. The summed E-state index contributed by atoms with van der Waals surface area (Å²) in [6.07, 6.45) is 0. The largest absolute Gasteiger partial charge is 0.492 e. The molecule has 2 aromatic carbocycles. The van der Waals surface area contributed by atoms with E-state index in [1.807, 2.05) is 0 Å². The maximum atomic E-state index is 11.6. The average molecular weight is 517 g/mol. The summed E-state index contributed by atoms with van der Waals surface area (Å²) in [7, 11) is -9.26. The minimum absolute atomic E-state index is 0.00446. The minimum atomic E-state index is -4.78. The van der Waals surface area contributed by atoms with Gasteiger partial charge in [-0.05, 0) is 48.9 Å². The number of halogens is 1. The van der Waals surface area contributed by atoms with Crippen molar-refractivity contribution < 1.29 is 40.9 Å². The van der Waals surface area contributed by atoms with Gasteiger partial charge in [-0.1, -0.05) is 11.6 Å². The summed E-state index contributed by atoms with van der Waals surface area (Å²) in [5.41, 5.74) is -1.44. The van der Waals surface area contributed by atoms with Crippen molar-refractivity contribution in [1.82, 2.24) is 9.78 Å². The second-order valence-corrected chi connectivity index (χ2v) is 9.67. The lowest BCUT2D eigenvalue weighted by Gasteiger charge is -2.05. The first-order valence-electron chi connectivity index (χ1n) is 8.52. The van der Waals surface area contributed by atoms with E-state index >= 15 is 0 Å². The fourth-order valence-corrected chi connectivity index (χ4v) is 3.95. The van der Waals surface area contributed by atoms with E-state index in [0.29, 0.717) is 10.2 Å². The van der Waals surface area contributed by atoms with E-state index in [-0.39, 0.29) is 16.4 Å². The first-order chi connectivity index (χ1) is 15.2. The van der Waals surface area contributed by atoms with Gasteiger partial charge >= 0.3 is 5.97 Å². The first kappa shape index (κ1) is 24.3. The van der Waals surface area contributed by atoms with Gasteiger partial charge in [0.1, 0.15) is 10.6 Å². The van der Waals surface area contributed by atoms with Crippen LogP contribution in [0.4, 0.5) is 11.4 Å². The third-order valence-corrected chi connectivity index (χ3v) is 6.35. The Morgan fingerprint density at radius 1 is 1.03 bits per heavy atom. The number of aromatic carboxylic acids is 1. The molecular weight excluding hydrogens is 504 g/mol. The van der Waals surface area contributed by atoms with Gasteiger partial charge in [0, 0.05) is 5.02 Å². The molecule has 0 aliphatic rings. The van der Waals surface area contributed by atoms with Gasteiger partial charge in [-0.15, -0.1) is 10.2 Å². The number of azo groups is 1. The molecule has 16 heteroatoms. The summed E-state index contributed by atoms with van der Waals surface area (Å²) in [5, 5.41) is 30.8. The molecule has 33 heavy (non-hydrogen) atoms. The summed E-state index contributed by atoms with van der Waals surface area (Å²) in [6.45, 7) is 1.52. The lowest BCUT2D eigenvalue weighted by Crippen LogP contribution is -2.02. The van der Waals surface area contributed by atoms with Crippen LogP contribution in [0.3, 0.4) is 0 Å². The van der Waals surface area contributed by atoms with Gasteiger partial charge < -0.3 is 10.2 Å². The molecule has 0 unspecified atom stereocenters. The SMILES string of the molecule is Cc1cc(/N=N/c2c(C(=O)O)nn(-c3ccc(S(=O)(=O)O)cc3)c2O)c(S(=O)(=O)O)cc1Cl. The highest BCUT2D eigenvalue weighted by atomic mass is 35.5. The van der Waals surface area contributed by atoms with E-state index in [9.17, 15) is 36.4 Å². The van der Waals surface area contributed by atoms with Gasteiger partial charge in [-0.25, -0.2) is 4.79 Å². The summed E-state index contributed by atoms with van der Waals surface area (Å²) in [4.78, 5) is 10.4. The Balaban J connectivity index is 2.14. The van der Waals surface area contributed by atoms with Gasteiger partial charge in [0.15, 0.2) is 5.69 Å². The van der Waals surface area contributed by atoms with Crippen molar-refractivity contribution >= 4 is 49.2 Å². The summed E-state index contributed by atoms with van der Waals surface area (Å²) >= 11 is 5.88. The smallest absolute Gasteiger partial charge is 0.358 e. The van der Waals surface area contributed by atoms with E-state index < -0.39 is 53.3 Å². The van der Waals surface area contributed by atoms with Crippen molar-refractivity contribution in [3.8, 4) is 11.6 Å². The van der Waals surface area contributed by atoms with Gasteiger partial charge in [0.2, 0.25) is 11.6 Å². The van der Waals surface area contributed by atoms with Gasteiger partial charge in [-0.2, -0.15) is 26.6 Å². The quantitative estimate of drug-likeness (QED) is 0.277. The second-order valence-electron chi connectivity index (χ2n) is 6.45. The number of carboxylic acids is 1. The van der Waals surface area contributed by atoms with E-state index in [1.165, 1.54) is 13.0 Å². The van der Waals surface area contributed by atoms with Crippen molar-refractivity contribution in [2.75, 3.05) is 0 Å². The molecule has 0 atom stereocenters. The number of hydrogen-bond acceptors (Lipinski definition) is 9. The van der Waals surface area contributed by atoms with Crippen LogP contribution in [0.5, 0.6) is 5.88 Å². The van der Waals surface area contributed by atoms with Gasteiger partial charge in [0.25, 0.3) is 20.2 Å². The number of rotatable bonds is 6. The van der Waals surface area contributed by atoms with Crippen LogP contribution in [0.2, 0.25) is 5.02 Å². The summed E-state index contributed by atoms with van der Waals surface area (Å²) in [6, 6.07) is 6.33. The number of benzene rings is 2. The van der Waals surface area contributed by atoms with Crippen LogP contribution < -0.4 is 0 Å². The maximum Gasteiger partial charge on any atom is 0.358 e. The van der Waals surface area contributed by atoms with E-state index in [2.05, 4.69) is 15.3 Å². The Labute approximate surface area is 191 Å².